The number of fused-ring (bicyclic) bond motifs is 1. The Labute approximate surface area is 173 Å². The Morgan fingerprint density at radius 2 is 1.75 bits per heavy atom. The Kier molecular flexibility index (Phi) is 6.76. The molecule has 148 valence electrons. The molecule has 4 nitrogen and oxygen atoms in total. The summed E-state index contributed by atoms with van der Waals surface area (Å²) in [5.41, 5.74) is 5.19. The molecule has 5 heteroatoms. The first kappa shape index (κ1) is 20.4. The zero-order valence-electron chi connectivity index (χ0n) is 16.2. The summed E-state index contributed by atoms with van der Waals surface area (Å²) in [4.78, 5) is 16.6. The van der Waals surface area contributed by atoms with Crippen LogP contribution >= 0.6 is 12.4 Å². The SMILES string of the molecule is CN(C(=O)OCc1ccccc1)C1CCN(CC2=Cc3ccccc32)CC1.Cl. The smallest absolute Gasteiger partial charge is 0.410 e. The lowest BCUT2D eigenvalue weighted by molar-refractivity contribution is 0.0744. The van der Waals surface area contributed by atoms with Crippen LogP contribution in [-0.4, -0.2) is 48.6 Å². The molecule has 0 N–H and O–H groups in total. The number of carbonyl (C=O) groups excluding carboxylic acids is 1. The minimum Gasteiger partial charge on any atom is -0.445 e. The molecular formula is C23H27ClN2O2. The highest BCUT2D eigenvalue weighted by Gasteiger charge is 2.27. The predicted molar refractivity (Wildman–Crippen MR) is 115 cm³/mol. The van der Waals surface area contributed by atoms with E-state index in [0.29, 0.717) is 6.61 Å². The number of halogens is 1. The zero-order valence-corrected chi connectivity index (χ0v) is 17.0. The van der Waals surface area contributed by atoms with E-state index in [4.69, 9.17) is 4.74 Å². The first-order chi connectivity index (χ1) is 13.2. The van der Waals surface area contributed by atoms with Crippen molar-refractivity contribution in [3.05, 3.63) is 71.3 Å². The van der Waals surface area contributed by atoms with Crippen LogP contribution in [0.4, 0.5) is 4.79 Å². The van der Waals surface area contributed by atoms with Gasteiger partial charge in [-0.15, -0.1) is 12.4 Å². The Morgan fingerprint density at radius 1 is 1.07 bits per heavy atom. The van der Waals surface area contributed by atoms with Crippen LogP contribution in [-0.2, 0) is 11.3 Å². The molecule has 0 bridgehead atoms. The van der Waals surface area contributed by atoms with E-state index < -0.39 is 0 Å². The molecule has 1 heterocycles. The second-order valence-corrected chi connectivity index (χ2v) is 7.42. The van der Waals surface area contributed by atoms with E-state index in [1.807, 2.05) is 37.4 Å². The highest BCUT2D eigenvalue weighted by atomic mass is 35.5. The van der Waals surface area contributed by atoms with E-state index in [-0.39, 0.29) is 24.5 Å². The molecule has 2 aliphatic rings. The van der Waals surface area contributed by atoms with Gasteiger partial charge >= 0.3 is 6.09 Å². The van der Waals surface area contributed by atoms with Crippen LogP contribution in [0.5, 0.6) is 0 Å². The van der Waals surface area contributed by atoms with Crippen LogP contribution in [0.15, 0.2) is 54.6 Å². The molecule has 0 spiro atoms. The van der Waals surface area contributed by atoms with Crippen molar-refractivity contribution >= 4 is 30.1 Å². The second-order valence-electron chi connectivity index (χ2n) is 7.42. The normalized spacial score (nSPS) is 16.2. The summed E-state index contributed by atoms with van der Waals surface area (Å²) < 4.78 is 5.46. The van der Waals surface area contributed by atoms with Crippen LogP contribution in [0.25, 0.3) is 11.6 Å². The number of benzene rings is 2. The van der Waals surface area contributed by atoms with Crippen molar-refractivity contribution < 1.29 is 9.53 Å². The first-order valence-electron chi connectivity index (χ1n) is 9.66. The quantitative estimate of drug-likeness (QED) is 0.732. The standard InChI is InChI=1S/C23H26N2O2.ClH/c1-24(23(26)27-17-18-7-3-2-4-8-18)21-11-13-25(14-12-21)16-20-15-19-9-5-6-10-22(19)20;/h2-10,15,21H,11-14,16-17H2,1H3;1H. The van der Waals surface area contributed by atoms with Gasteiger partial charge in [-0.1, -0.05) is 54.6 Å². The van der Waals surface area contributed by atoms with Gasteiger partial charge < -0.3 is 9.64 Å². The minimum absolute atomic E-state index is 0. The van der Waals surface area contributed by atoms with Gasteiger partial charge in [0.15, 0.2) is 0 Å². The second kappa shape index (κ2) is 9.26. The highest BCUT2D eigenvalue weighted by molar-refractivity contribution is 5.96. The average molecular weight is 399 g/mol. The summed E-state index contributed by atoms with van der Waals surface area (Å²) in [6, 6.07) is 18.6. The van der Waals surface area contributed by atoms with Crippen LogP contribution in [0, 0.1) is 0 Å². The van der Waals surface area contributed by atoms with E-state index >= 15 is 0 Å². The summed E-state index contributed by atoms with van der Waals surface area (Å²) in [6.07, 6.45) is 4.04. The molecule has 1 aliphatic carbocycles. The van der Waals surface area contributed by atoms with Gasteiger partial charge in [-0.05, 0) is 41.2 Å². The Morgan fingerprint density at radius 3 is 2.46 bits per heavy atom. The summed E-state index contributed by atoms with van der Waals surface area (Å²) in [7, 11) is 1.86. The fourth-order valence-corrected chi connectivity index (χ4v) is 3.91. The molecule has 1 amide bonds. The monoisotopic (exact) mass is 398 g/mol. The Bertz CT molecular complexity index is 830. The average Bonchev–Trinajstić information content (AvgIpc) is 2.71. The van der Waals surface area contributed by atoms with E-state index in [1.54, 1.807) is 4.90 Å². The number of hydrogen-bond acceptors (Lipinski definition) is 3. The molecule has 0 aromatic heterocycles. The van der Waals surface area contributed by atoms with Gasteiger partial charge in [0.25, 0.3) is 0 Å². The molecule has 0 atom stereocenters. The van der Waals surface area contributed by atoms with Crippen molar-refractivity contribution in [1.29, 1.82) is 0 Å². The molecule has 0 unspecified atom stereocenters. The third kappa shape index (κ3) is 4.57. The van der Waals surface area contributed by atoms with Crippen molar-refractivity contribution in [2.45, 2.75) is 25.5 Å². The molecule has 1 aliphatic heterocycles. The van der Waals surface area contributed by atoms with Crippen molar-refractivity contribution in [3.63, 3.8) is 0 Å². The number of ether oxygens (including phenoxy) is 1. The first-order valence-corrected chi connectivity index (χ1v) is 9.66. The molecule has 0 radical (unpaired) electrons. The Balaban J connectivity index is 0.00000225. The van der Waals surface area contributed by atoms with Crippen molar-refractivity contribution in [2.75, 3.05) is 26.7 Å². The number of carbonyl (C=O) groups is 1. The maximum Gasteiger partial charge on any atom is 0.410 e. The van der Waals surface area contributed by atoms with Crippen molar-refractivity contribution in [2.24, 2.45) is 0 Å². The van der Waals surface area contributed by atoms with Gasteiger partial charge in [-0.3, -0.25) is 4.90 Å². The molecule has 4 rings (SSSR count). The fraction of sp³-hybridized carbons (Fsp3) is 0.348. The number of likely N-dealkylation sites (tertiary alicyclic amines) is 1. The number of hydrogen-bond donors (Lipinski definition) is 0. The molecule has 1 saturated heterocycles. The van der Waals surface area contributed by atoms with Crippen LogP contribution in [0.3, 0.4) is 0 Å². The van der Waals surface area contributed by atoms with E-state index in [2.05, 4.69) is 35.2 Å². The van der Waals surface area contributed by atoms with E-state index in [9.17, 15) is 4.79 Å². The molecule has 28 heavy (non-hydrogen) atoms. The zero-order chi connectivity index (χ0) is 18.6. The lowest BCUT2D eigenvalue weighted by Crippen LogP contribution is -2.46. The fourth-order valence-electron chi connectivity index (χ4n) is 3.91. The Hall–Kier alpha value is -2.30. The van der Waals surface area contributed by atoms with Crippen LogP contribution < -0.4 is 0 Å². The minimum atomic E-state index is -0.229. The lowest BCUT2D eigenvalue weighted by atomic mass is 9.88. The molecular weight excluding hydrogens is 372 g/mol. The van der Waals surface area contributed by atoms with Crippen molar-refractivity contribution in [1.82, 2.24) is 9.80 Å². The molecule has 2 aromatic carbocycles. The number of piperidine rings is 1. The lowest BCUT2D eigenvalue weighted by Gasteiger charge is -2.37. The van der Waals surface area contributed by atoms with Gasteiger partial charge in [-0.25, -0.2) is 4.79 Å². The molecule has 0 saturated carbocycles. The van der Waals surface area contributed by atoms with Gasteiger partial charge in [0.1, 0.15) is 6.61 Å². The highest BCUT2D eigenvalue weighted by Crippen LogP contribution is 2.33. The largest absolute Gasteiger partial charge is 0.445 e. The van der Waals surface area contributed by atoms with Gasteiger partial charge in [0.05, 0.1) is 0 Å². The molecule has 2 aromatic rings. The summed E-state index contributed by atoms with van der Waals surface area (Å²) in [6.45, 7) is 3.36. The summed E-state index contributed by atoms with van der Waals surface area (Å²) in [5, 5.41) is 0. The van der Waals surface area contributed by atoms with Gasteiger partial charge in [0.2, 0.25) is 0 Å². The van der Waals surface area contributed by atoms with E-state index in [0.717, 1.165) is 38.0 Å². The molecule has 1 fully saturated rings. The van der Waals surface area contributed by atoms with Crippen LogP contribution in [0.2, 0.25) is 0 Å². The van der Waals surface area contributed by atoms with Crippen LogP contribution in [0.1, 0.15) is 29.5 Å². The third-order valence-electron chi connectivity index (χ3n) is 5.63. The number of nitrogens with zero attached hydrogens (tertiary/aromatic N) is 2. The summed E-state index contributed by atoms with van der Waals surface area (Å²) >= 11 is 0. The summed E-state index contributed by atoms with van der Waals surface area (Å²) in [5.74, 6) is 0. The van der Waals surface area contributed by atoms with Crippen molar-refractivity contribution in [3.8, 4) is 0 Å². The predicted octanol–water partition coefficient (Wildman–Crippen LogP) is 4.70. The van der Waals surface area contributed by atoms with Gasteiger partial charge in [0, 0.05) is 32.7 Å². The van der Waals surface area contributed by atoms with Gasteiger partial charge in [-0.2, -0.15) is 0 Å². The maximum atomic E-state index is 12.3. The number of amides is 1. The maximum absolute atomic E-state index is 12.3. The number of rotatable bonds is 5. The van der Waals surface area contributed by atoms with E-state index in [1.165, 1.54) is 16.7 Å². The topological polar surface area (TPSA) is 32.8 Å². The third-order valence-corrected chi connectivity index (χ3v) is 5.63.